The second kappa shape index (κ2) is 8.13. The number of nitrogens with zero attached hydrogens (tertiary/aromatic N) is 5. The van der Waals surface area contributed by atoms with Crippen LogP contribution in [0.4, 0.5) is 0 Å². The summed E-state index contributed by atoms with van der Waals surface area (Å²) in [5.41, 5.74) is 2.51. The van der Waals surface area contributed by atoms with E-state index in [1.807, 2.05) is 12.1 Å². The summed E-state index contributed by atoms with van der Waals surface area (Å²) in [6.45, 7) is 0. The summed E-state index contributed by atoms with van der Waals surface area (Å²) in [5, 5.41) is 10.1. The molecule has 0 saturated carbocycles. The van der Waals surface area contributed by atoms with Crippen LogP contribution in [0.3, 0.4) is 0 Å². The number of para-hydroxylation sites is 1. The number of aromatic nitrogens is 4. The van der Waals surface area contributed by atoms with Gasteiger partial charge >= 0.3 is 0 Å². The first-order valence-electron chi connectivity index (χ1n) is 9.76. The molecule has 0 aliphatic heterocycles. The zero-order chi connectivity index (χ0) is 22.1. The zero-order valence-electron chi connectivity index (χ0n) is 16.7. The summed E-state index contributed by atoms with van der Waals surface area (Å²) in [5.74, 6) is 0.363. The maximum absolute atomic E-state index is 13.3. The van der Waals surface area contributed by atoms with E-state index in [4.69, 9.17) is 10.2 Å². The molecule has 32 heavy (non-hydrogen) atoms. The number of rotatable bonds is 4. The molecule has 5 aromatic rings. The summed E-state index contributed by atoms with van der Waals surface area (Å²) < 4.78 is 3.01. The lowest BCUT2D eigenvalue weighted by molar-refractivity contribution is 0.819. The van der Waals surface area contributed by atoms with Crippen molar-refractivity contribution in [1.82, 2.24) is 18.9 Å². The van der Waals surface area contributed by atoms with Gasteiger partial charge in [-0.05, 0) is 48.5 Å². The molecule has 0 spiro atoms. The first-order valence-corrected chi connectivity index (χ1v) is 10.7. The summed E-state index contributed by atoms with van der Waals surface area (Å²) in [6.07, 6.45) is 1.68. The first-order chi connectivity index (χ1) is 15.6. The minimum Gasteiger partial charge on any atom is -0.269 e. The quantitative estimate of drug-likeness (QED) is 0.315. The molecule has 3 aromatic heterocycles. The predicted molar refractivity (Wildman–Crippen MR) is 123 cm³/mol. The lowest BCUT2D eigenvalue weighted by atomic mass is 10.2. The number of thioether (sulfide) groups is 1. The molecular formula is C24H15N5O2S. The fraction of sp³-hybridized carbons (Fsp3) is 0.0417. The van der Waals surface area contributed by atoms with E-state index in [2.05, 4.69) is 11.1 Å². The van der Waals surface area contributed by atoms with E-state index in [1.54, 1.807) is 60.8 Å². The Morgan fingerprint density at radius 2 is 1.72 bits per heavy atom. The third kappa shape index (κ3) is 3.55. The highest BCUT2D eigenvalue weighted by Gasteiger charge is 2.14. The van der Waals surface area contributed by atoms with Crippen LogP contribution in [0.1, 0.15) is 11.3 Å². The van der Waals surface area contributed by atoms with Gasteiger partial charge in [0.15, 0.2) is 5.16 Å². The highest BCUT2D eigenvalue weighted by Crippen LogP contribution is 2.24. The Kier molecular flexibility index (Phi) is 5.01. The van der Waals surface area contributed by atoms with Crippen molar-refractivity contribution < 1.29 is 0 Å². The van der Waals surface area contributed by atoms with Crippen LogP contribution in [-0.2, 0) is 5.75 Å². The Morgan fingerprint density at radius 1 is 0.938 bits per heavy atom. The summed E-state index contributed by atoms with van der Waals surface area (Å²) >= 11 is 1.33. The van der Waals surface area contributed by atoms with Crippen molar-refractivity contribution >= 4 is 28.3 Å². The standard InChI is InChI=1S/C24H15N5O2S/c25-14-16-8-10-18(11-9-16)29-23(31)19-5-1-2-6-20(19)27-24(29)32-15-17-13-22(30)28-12-4-3-7-21(28)26-17/h1-13H,15H2. The maximum atomic E-state index is 13.3. The SMILES string of the molecule is N#Cc1ccc(-n2c(SCc3cc(=O)n4ccccc4n3)nc3ccccc3c2=O)cc1. The second-order valence-electron chi connectivity index (χ2n) is 7.01. The highest BCUT2D eigenvalue weighted by atomic mass is 32.2. The number of fused-ring (bicyclic) bond motifs is 2. The van der Waals surface area contributed by atoms with Crippen LogP contribution in [0.15, 0.2) is 93.7 Å². The molecular weight excluding hydrogens is 422 g/mol. The Balaban J connectivity index is 1.60. The fourth-order valence-corrected chi connectivity index (χ4v) is 4.34. The highest BCUT2D eigenvalue weighted by molar-refractivity contribution is 7.98. The van der Waals surface area contributed by atoms with Gasteiger partial charge in [-0.2, -0.15) is 5.26 Å². The third-order valence-electron chi connectivity index (χ3n) is 4.97. The molecule has 0 saturated heterocycles. The summed E-state index contributed by atoms with van der Waals surface area (Å²) in [7, 11) is 0. The van der Waals surface area contributed by atoms with E-state index in [0.29, 0.717) is 44.4 Å². The average molecular weight is 437 g/mol. The number of hydrogen-bond donors (Lipinski definition) is 0. The van der Waals surface area contributed by atoms with Gasteiger partial charge in [-0.25, -0.2) is 9.97 Å². The molecule has 0 unspecified atom stereocenters. The predicted octanol–water partition coefficient (Wildman–Crippen LogP) is 3.56. The van der Waals surface area contributed by atoms with Crippen molar-refractivity contribution in [3.05, 3.63) is 111 Å². The Labute approximate surface area is 186 Å². The van der Waals surface area contributed by atoms with Crippen molar-refractivity contribution in [1.29, 1.82) is 5.26 Å². The molecule has 5 rings (SSSR count). The van der Waals surface area contributed by atoms with Crippen LogP contribution in [0.25, 0.3) is 22.2 Å². The molecule has 2 aromatic carbocycles. The average Bonchev–Trinajstić information content (AvgIpc) is 2.83. The van der Waals surface area contributed by atoms with E-state index >= 15 is 0 Å². The van der Waals surface area contributed by atoms with E-state index < -0.39 is 0 Å². The van der Waals surface area contributed by atoms with Gasteiger partial charge in [0, 0.05) is 18.0 Å². The normalized spacial score (nSPS) is 11.0. The van der Waals surface area contributed by atoms with Crippen molar-refractivity contribution in [2.24, 2.45) is 0 Å². The van der Waals surface area contributed by atoms with Crippen LogP contribution in [-0.4, -0.2) is 18.9 Å². The van der Waals surface area contributed by atoms with Crippen molar-refractivity contribution in [3.63, 3.8) is 0 Å². The van der Waals surface area contributed by atoms with Crippen LogP contribution in [0, 0.1) is 11.3 Å². The van der Waals surface area contributed by atoms with Gasteiger partial charge in [0.05, 0.1) is 33.9 Å². The van der Waals surface area contributed by atoms with Crippen LogP contribution < -0.4 is 11.1 Å². The van der Waals surface area contributed by atoms with Gasteiger partial charge in [0.2, 0.25) is 0 Å². The topological polar surface area (TPSA) is 93.1 Å². The maximum Gasteiger partial charge on any atom is 0.266 e. The van der Waals surface area contributed by atoms with Gasteiger partial charge < -0.3 is 0 Å². The molecule has 0 N–H and O–H groups in total. The molecule has 8 heteroatoms. The van der Waals surface area contributed by atoms with Crippen molar-refractivity contribution in [2.75, 3.05) is 0 Å². The molecule has 154 valence electrons. The number of nitriles is 1. The fourth-order valence-electron chi connectivity index (χ4n) is 3.44. The van der Waals surface area contributed by atoms with Gasteiger partial charge in [-0.1, -0.05) is 30.0 Å². The van der Waals surface area contributed by atoms with E-state index in [1.165, 1.54) is 26.8 Å². The summed E-state index contributed by atoms with van der Waals surface area (Å²) in [6, 6.07) is 22.9. The molecule has 0 radical (unpaired) electrons. The van der Waals surface area contributed by atoms with Crippen LogP contribution >= 0.6 is 11.8 Å². The Hall–Kier alpha value is -4.22. The van der Waals surface area contributed by atoms with Gasteiger partial charge in [-0.15, -0.1) is 0 Å². The van der Waals surface area contributed by atoms with Gasteiger partial charge in [0.1, 0.15) is 5.65 Å². The Morgan fingerprint density at radius 3 is 2.53 bits per heavy atom. The van der Waals surface area contributed by atoms with Gasteiger partial charge in [-0.3, -0.25) is 18.6 Å². The molecule has 0 bridgehead atoms. The molecule has 3 heterocycles. The van der Waals surface area contributed by atoms with E-state index in [-0.39, 0.29) is 11.1 Å². The van der Waals surface area contributed by atoms with Crippen LogP contribution in [0.5, 0.6) is 0 Å². The Bertz CT molecular complexity index is 1630. The molecule has 0 amide bonds. The lowest BCUT2D eigenvalue weighted by Crippen LogP contribution is -2.22. The number of benzene rings is 2. The molecule has 0 fully saturated rings. The minimum atomic E-state index is -0.200. The molecule has 0 atom stereocenters. The largest absolute Gasteiger partial charge is 0.269 e. The molecule has 7 nitrogen and oxygen atoms in total. The minimum absolute atomic E-state index is 0.165. The van der Waals surface area contributed by atoms with Crippen molar-refractivity contribution in [2.45, 2.75) is 10.9 Å². The zero-order valence-corrected chi connectivity index (χ0v) is 17.5. The van der Waals surface area contributed by atoms with E-state index in [9.17, 15) is 9.59 Å². The number of pyridine rings is 1. The van der Waals surface area contributed by atoms with Gasteiger partial charge in [0.25, 0.3) is 11.1 Å². The second-order valence-corrected chi connectivity index (χ2v) is 7.96. The third-order valence-corrected chi connectivity index (χ3v) is 5.94. The molecule has 0 aliphatic carbocycles. The van der Waals surface area contributed by atoms with Crippen molar-refractivity contribution in [3.8, 4) is 11.8 Å². The molecule has 0 aliphatic rings. The first kappa shape index (κ1) is 19.7. The smallest absolute Gasteiger partial charge is 0.266 e. The van der Waals surface area contributed by atoms with Crippen LogP contribution in [0.2, 0.25) is 0 Å². The van der Waals surface area contributed by atoms with E-state index in [0.717, 1.165) is 0 Å². The summed E-state index contributed by atoms with van der Waals surface area (Å²) in [4.78, 5) is 35.0. The monoisotopic (exact) mass is 437 g/mol. The number of hydrogen-bond acceptors (Lipinski definition) is 6. The lowest BCUT2D eigenvalue weighted by Gasteiger charge is -2.13.